The number of rotatable bonds is 5. The maximum absolute atomic E-state index is 2.30. The van der Waals surface area contributed by atoms with Gasteiger partial charge in [0.25, 0.3) is 0 Å². The van der Waals surface area contributed by atoms with Gasteiger partial charge in [-0.1, -0.05) is 104 Å². The predicted molar refractivity (Wildman–Crippen MR) is 110 cm³/mol. The molecule has 152 valence electrons. The second-order valence-corrected chi connectivity index (χ2v) is 6.67. The van der Waals surface area contributed by atoms with Crippen molar-refractivity contribution in [2.45, 2.75) is 18.8 Å². The second-order valence-electron chi connectivity index (χ2n) is 6.67. The van der Waals surface area contributed by atoms with Crippen LogP contribution in [0.15, 0.2) is 109 Å². The van der Waals surface area contributed by atoms with Crippen molar-refractivity contribution in [1.82, 2.24) is 0 Å². The molecule has 4 rings (SSSR count). The molecule has 0 fully saturated rings. The zero-order chi connectivity index (χ0) is 17.8. The summed E-state index contributed by atoms with van der Waals surface area (Å²) >= 11 is 0. The van der Waals surface area contributed by atoms with Gasteiger partial charge >= 0.3 is 21.7 Å². The number of hydrogen-bond acceptors (Lipinski definition) is 0. The van der Waals surface area contributed by atoms with Gasteiger partial charge in [-0.2, -0.15) is 11.6 Å². The van der Waals surface area contributed by atoms with Crippen LogP contribution in [0.25, 0.3) is 0 Å². The SMILES string of the molecule is CCc1ccc[c-]1C(c1ccccc1)(c1ccccc1)c1ccccc1.[Cl-].[Cl-].[Cl-].[Ti+4]. The first kappa shape index (κ1) is 28.6. The molecule has 0 heterocycles. The molecule has 4 aromatic carbocycles. The number of halogens is 3. The fraction of sp³-hybridized carbons (Fsp3) is 0.115. The Kier molecular flexibility index (Phi) is 12.5. The standard InChI is InChI=1S/C26H23.3ClH.Ti/c1-2-21-13-12-20-25(21)26(22-14-6-3-7-15-22,23-16-8-4-9-17-23)24-18-10-5-11-19-24;;;;/h3-20H,2H2,1H3;3*1H;/q-1;;;;+4/p-3. The van der Waals surface area contributed by atoms with Crippen molar-refractivity contribution in [2.24, 2.45) is 0 Å². The van der Waals surface area contributed by atoms with Crippen molar-refractivity contribution >= 4 is 0 Å². The molecule has 0 N–H and O–H groups in total. The summed E-state index contributed by atoms with van der Waals surface area (Å²) in [6.07, 6.45) is 1.02. The van der Waals surface area contributed by atoms with E-state index in [-0.39, 0.29) is 64.4 Å². The summed E-state index contributed by atoms with van der Waals surface area (Å²) in [5.41, 5.74) is 6.39. The summed E-state index contributed by atoms with van der Waals surface area (Å²) in [5, 5.41) is 0. The molecule has 0 saturated heterocycles. The van der Waals surface area contributed by atoms with E-state index in [2.05, 4.69) is 116 Å². The minimum atomic E-state index is -0.307. The predicted octanol–water partition coefficient (Wildman–Crippen LogP) is -2.64. The van der Waals surface area contributed by atoms with Crippen molar-refractivity contribution in [2.75, 3.05) is 0 Å². The van der Waals surface area contributed by atoms with Gasteiger partial charge in [0.2, 0.25) is 0 Å². The topological polar surface area (TPSA) is 0 Å². The first-order valence-electron chi connectivity index (χ1n) is 9.29. The monoisotopic (exact) mass is 488 g/mol. The smallest absolute Gasteiger partial charge is 1.00 e. The minimum Gasteiger partial charge on any atom is -1.00 e. The van der Waals surface area contributed by atoms with Gasteiger partial charge in [-0.05, 0) is 16.7 Å². The van der Waals surface area contributed by atoms with Crippen molar-refractivity contribution in [3.05, 3.63) is 137 Å². The summed E-state index contributed by atoms with van der Waals surface area (Å²) < 4.78 is 0. The van der Waals surface area contributed by atoms with Gasteiger partial charge < -0.3 is 37.2 Å². The molecular weight excluding hydrogens is 467 g/mol. The third-order valence-electron chi connectivity index (χ3n) is 5.31. The Hall–Kier alpha value is -1.41. The Morgan fingerprint density at radius 3 is 1.27 bits per heavy atom. The zero-order valence-corrected chi connectivity index (χ0v) is 20.6. The van der Waals surface area contributed by atoms with Gasteiger partial charge in [0, 0.05) is 5.41 Å². The first-order valence-corrected chi connectivity index (χ1v) is 9.29. The van der Waals surface area contributed by atoms with Crippen LogP contribution in [-0.4, -0.2) is 0 Å². The number of aryl methyl sites for hydroxylation is 1. The maximum Gasteiger partial charge on any atom is 4.00 e. The molecule has 0 unspecified atom stereocenters. The van der Waals surface area contributed by atoms with Crippen LogP contribution in [-0.2, 0) is 33.6 Å². The van der Waals surface area contributed by atoms with Crippen LogP contribution < -0.4 is 37.2 Å². The molecule has 0 spiro atoms. The van der Waals surface area contributed by atoms with E-state index < -0.39 is 0 Å². The molecule has 0 aromatic heterocycles. The molecule has 0 radical (unpaired) electrons. The molecule has 4 aromatic rings. The van der Waals surface area contributed by atoms with Gasteiger partial charge in [-0.25, -0.2) is 12.1 Å². The number of benzene rings is 3. The van der Waals surface area contributed by atoms with E-state index in [1.54, 1.807) is 0 Å². The quantitative estimate of drug-likeness (QED) is 0.163. The summed E-state index contributed by atoms with van der Waals surface area (Å²) in [7, 11) is 0. The molecule has 0 aliphatic carbocycles. The fourth-order valence-corrected chi connectivity index (χ4v) is 4.16. The van der Waals surface area contributed by atoms with Gasteiger partial charge in [-0.3, -0.25) is 0 Å². The molecule has 4 heteroatoms. The number of hydrogen-bond donors (Lipinski definition) is 0. The normalized spacial score (nSPS) is 9.90. The van der Waals surface area contributed by atoms with Crippen LogP contribution in [0.5, 0.6) is 0 Å². The average Bonchev–Trinajstić information content (AvgIpc) is 3.20. The third-order valence-corrected chi connectivity index (χ3v) is 5.31. The summed E-state index contributed by atoms with van der Waals surface area (Å²) in [6.45, 7) is 2.24. The van der Waals surface area contributed by atoms with Crippen LogP contribution in [0.2, 0.25) is 0 Å². The molecule has 0 nitrogen and oxygen atoms in total. The van der Waals surface area contributed by atoms with Crippen molar-refractivity contribution in [3.8, 4) is 0 Å². The Balaban J connectivity index is 0.00000210. The Morgan fingerprint density at radius 1 is 0.567 bits per heavy atom. The van der Waals surface area contributed by atoms with E-state index in [0.29, 0.717) is 0 Å². The van der Waals surface area contributed by atoms with Crippen LogP contribution in [0.3, 0.4) is 0 Å². The minimum absolute atomic E-state index is 0. The Labute approximate surface area is 213 Å². The molecule has 30 heavy (non-hydrogen) atoms. The Morgan fingerprint density at radius 2 is 0.933 bits per heavy atom. The van der Waals surface area contributed by atoms with Crippen molar-refractivity contribution in [1.29, 1.82) is 0 Å². The van der Waals surface area contributed by atoms with Gasteiger partial charge in [0.1, 0.15) is 0 Å². The van der Waals surface area contributed by atoms with E-state index in [1.807, 2.05) is 0 Å². The van der Waals surface area contributed by atoms with Gasteiger partial charge in [0.05, 0.1) is 0 Å². The van der Waals surface area contributed by atoms with Crippen LogP contribution in [0, 0.1) is 0 Å². The van der Waals surface area contributed by atoms with E-state index >= 15 is 0 Å². The molecule has 0 saturated carbocycles. The molecule has 0 bridgehead atoms. The summed E-state index contributed by atoms with van der Waals surface area (Å²) in [4.78, 5) is 0. The first-order chi connectivity index (χ1) is 12.9. The molecule has 0 amide bonds. The molecular formula is C26H23Cl3Ti. The Bertz CT molecular complexity index is 870. The van der Waals surface area contributed by atoms with Crippen LogP contribution >= 0.6 is 0 Å². The average molecular weight is 490 g/mol. The van der Waals surface area contributed by atoms with Crippen LogP contribution in [0.1, 0.15) is 34.7 Å². The second kappa shape index (κ2) is 13.1. The molecule has 0 aliphatic heterocycles. The van der Waals surface area contributed by atoms with E-state index in [4.69, 9.17) is 0 Å². The van der Waals surface area contributed by atoms with Crippen LogP contribution in [0.4, 0.5) is 0 Å². The maximum atomic E-state index is 2.30. The van der Waals surface area contributed by atoms with Crippen molar-refractivity contribution < 1.29 is 58.9 Å². The van der Waals surface area contributed by atoms with Crippen molar-refractivity contribution in [3.63, 3.8) is 0 Å². The van der Waals surface area contributed by atoms with Gasteiger partial charge in [-0.15, -0.1) is 5.56 Å². The zero-order valence-electron chi connectivity index (χ0n) is 16.7. The van der Waals surface area contributed by atoms with E-state index in [1.165, 1.54) is 27.8 Å². The van der Waals surface area contributed by atoms with Gasteiger partial charge in [0.15, 0.2) is 0 Å². The molecule has 0 atom stereocenters. The van der Waals surface area contributed by atoms with E-state index in [9.17, 15) is 0 Å². The fourth-order valence-electron chi connectivity index (χ4n) is 4.16. The third kappa shape index (κ3) is 5.07. The largest absolute Gasteiger partial charge is 4.00 e. The van der Waals surface area contributed by atoms with E-state index in [0.717, 1.165) is 6.42 Å². The summed E-state index contributed by atoms with van der Waals surface area (Å²) in [5.74, 6) is 0. The molecule has 0 aliphatic rings. The summed E-state index contributed by atoms with van der Waals surface area (Å²) in [6, 6.07) is 39.4.